The summed E-state index contributed by atoms with van der Waals surface area (Å²) in [6.07, 6.45) is -0.141. The number of β-lactam (4-membered cyclic amide) rings is 1. The molecule has 2 saturated heterocycles. The molecule has 8 nitrogen and oxygen atoms in total. The number of amides is 2. The molecule has 0 bridgehead atoms. The fourth-order valence-electron chi connectivity index (χ4n) is 3.21. The molecule has 0 spiro atoms. The molecule has 2 aliphatic rings. The molecule has 0 radical (unpaired) electrons. The van der Waals surface area contributed by atoms with Crippen molar-refractivity contribution in [3.8, 4) is 0 Å². The molecule has 2 amide bonds. The van der Waals surface area contributed by atoms with Crippen molar-refractivity contribution in [2.45, 2.75) is 42.5 Å². The summed E-state index contributed by atoms with van der Waals surface area (Å²) in [6.45, 7) is 3.51. The van der Waals surface area contributed by atoms with E-state index in [1.165, 1.54) is 16.7 Å². The smallest absolute Gasteiger partial charge is 1.00 e. The minimum atomic E-state index is -1.10. The van der Waals surface area contributed by atoms with Crippen LogP contribution >= 0.6 is 23.1 Å². The molecule has 3 rings (SSSR count). The number of hydrogen-bond donors (Lipinski definition) is 3. The van der Waals surface area contributed by atoms with E-state index < -0.39 is 46.0 Å². The van der Waals surface area contributed by atoms with E-state index in [9.17, 15) is 24.3 Å². The molecule has 0 aliphatic carbocycles. The maximum atomic E-state index is 12.3. The van der Waals surface area contributed by atoms with Crippen LogP contribution in [0.25, 0.3) is 0 Å². The summed E-state index contributed by atoms with van der Waals surface area (Å²) in [4.78, 5) is 48.4. The Hall–Kier alpha value is -0.0700. The van der Waals surface area contributed by atoms with E-state index in [1.54, 1.807) is 25.3 Å². The normalized spacial score (nSPS) is 24.7. The molecular weight excluding hydrogens is 414 g/mol. The molecule has 12 heteroatoms. The van der Waals surface area contributed by atoms with Crippen LogP contribution in [-0.2, 0) is 20.8 Å². The summed E-state index contributed by atoms with van der Waals surface area (Å²) in [6, 6.07) is -0.150. The van der Waals surface area contributed by atoms with Crippen molar-refractivity contribution in [3.05, 3.63) is 21.9 Å². The molecular formula is C15H18N2Na2O6S2. The van der Waals surface area contributed by atoms with Gasteiger partial charge in [-0.25, -0.2) is 9.59 Å². The fourth-order valence-corrected chi connectivity index (χ4v) is 5.59. The van der Waals surface area contributed by atoms with E-state index in [1.807, 2.05) is 0 Å². The van der Waals surface area contributed by atoms with Crippen molar-refractivity contribution in [3.63, 3.8) is 0 Å². The topological polar surface area (TPSA) is 124 Å². The second-order valence-electron chi connectivity index (χ2n) is 6.40. The predicted octanol–water partition coefficient (Wildman–Crippen LogP) is -5.15. The molecule has 2 unspecified atom stereocenters. The van der Waals surface area contributed by atoms with Gasteiger partial charge in [-0.1, -0.05) is 0 Å². The molecule has 2 fully saturated rings. The minimum absolute atomic E-state index is 0. The molecule has 3 N–H and O–H groups in total. The standard InChI is InChI=1S/C15H16N2O6S2.2Na.2H/c1-15(2)10(14(22)23)17-11(19)8(12(17)25-15)16-7(18)5-6-3-4-24-9(6)13(20)21;;;;/h3-4,8,10,12H,5H2,1-2H3,(H,16,18)(H,20,21)(H,22,23);;;;/q;2*+1;2*-1/t8?,10?,12-;;;;/m1..../s1. The summed E-state index contributed by atoms with van der Waals surface area (Å²) in [5, 5.41) is 22.2. The van der Waals surface area contributed by atoms with Crippen LogP contribution in [0.3, 0.4) is 0 Å². The van der Waals surface area contributed by atoms with Crippen molar-refractivity contribution < 1.29 is 91.4 Å². The van der Waals surface area contributed by atoms with Crippen LogP contribution in [0, 0.1) is 0 Å². The third-order valence-corrected chi connectivity index (χ3v) is 6.80. The van der Waals surface area contributed by atoms with Gasteiger partial charge < -0.3 is 23.3 Å². The van der Waals surface area contributed by atoms with Crippen LogP contribution in [0.15, 0.2) is 11.4 Å². The molecule has 0 aromatic carbocycles. The summed E-state index contributed by atoms with van der Waals surface area (Å²) in [5.41, 5.74) is 0.390. The van der Waals surface area contributed by atoms with Gasteiger partial charge in [0.15, 0.2) is 0 Å². The van der Waals surface area contributed by atoms with E-state index in [0.717, 1.165) is 11.3 Å². The van der Waals surface area contributed by atoms with Crippen molar-refractivity contribution in [2.24, 2.45) is 0 Å². The number of hydrogen-bond acceptors (Lipinski definition) is 6. The van der Waals surface area contributed by atoms with Crippen LogP contribution in [0.5, 0.6) is 0 Å². The van der Waals surface area contributed by atoms with Gasteiger partial charge in [-0.15, -0.1) is 23.1 Å². The van der Waals surface area contributed by atoms with Gasteiger partial charge in [-0.05, 0) is 30.9 Å². The zero-order valence-corrected chi connectivity index (χ0v) is 21.0. The number of thiophene rings is 1. The Labute approximate surface area is 211 Å². The van der Waals surface area contributed by atoms with Crippen LogP contribution in [0.1, 0.15) is 31.9 Å². The predicted molar refractivity (Wildman–Crippen MR) is 92.9 cm³/mol. The number of aliphatic carboxylic acids is 1. The zero-order chi connectivity index (χ0) is 18.5. The molecule has 3 atom stereocenters. The van der Waals surface area contributed by atoms with E-state index in [2.05, 4.69) is 5.32 Å². The number of rotatable bonds is 5. The van der Waals surface area contributed by atoms with Crippen LogP contribution in [0.2, 0.25) is 0 Å². The monoisotopic (exact) mass is 432 g/mol. The van der Waals surface area contributed by atoms with E-state index in [-0.39, 0.29) is 73.3 Å². The van der Waals surface area contributed by atoms with Gasteiger partial charge in [0, 0.05) is 4.75 Å². The third-order valence-electron chi connectivity index (χ3n) is 4.28. The van der Waals surface area contributed by atoms with E-state index in [0.29, 0.717) is 5.56 Å². The number of nitrogens with one attached hydrogen (secondary N) is 1. The Morgan fingerprint density at radius 3 is 2.48 bits per heavy atom. The van der Waals surface area contributed by atoms with Crippen molar-refractivity contribution in [1.82, 2.24) is 10.2 Å². The average molecular weight is 432 g/mol. The fraction of sp³-hybridized carbons (Fsp3) is 0.467. The second-order valence-corrected chi connectivity index (χ2v) is 9.09. The van der Waals surface area contributed by atoms with Crippen LogP contribution in [-0.4, -0.2) is 61.1 Å². The third kappa shape index (κ3) is 4.58. The Bertz CT molecular complexity index is 795. The van der Waals surface area contributed by atoms with Gasteiger partial charge >= 0.3 is 71.1 Å². The molecule has 0 saturated carbocycles. The van der Waals surface area contributed by atoms with Gasteiger partial charge in [0.2, 0.25) is 11.8 Å². The number of carboxylic acids is 2. The largest absolute Gasteiger partial charge is 1.00 e. The van der Waals surface area contributed by atoms with E-state index in [4.69, 9.17) is 5.11 Å². The number of carbonyl (C=O) groups is 4. The minimum Gasteiger partial charge on any atom is -1.00 e. The molecule has 1 aromatic rings. The van der Waals surface area contributed by atoms with Gasteiger partial charge in [0.25, 0.3) is 0 Å². The summed E-state index contributed by atoms with van der Waals surface area (Å²) in [5.74, 6) is -3.05. The maximum Gasteiger partial charge on any atom is 1.00 e. The Morgan fingerprint density at radius 1 is 1.30 bits per heavy atom. The van der Waals surface area contributed by atoms with Crippen LogP contribution in [0.4, 0.5) is 0 Å². The maximum absolute atomic E-state index is 12.3. The number of nitrogens with zero attached hydrogens (tertiary/aromatic N) is 1. The van der Waals surface area contributed by atoms with Crippen LogP contribution < -0.4 is 64.4 Å². The quantitative estimate of drug-likeness (QED) is 0.314. The summed E-state index contributed by atoms with van der Waals surface area (Å²) < 4.78 is -0.657. The molecule has 2 aliphatic heterocycles. The first-order valence-corrected chi connectivity index (χ1v) is 9.21. The van der Waals surface area contributed by atoms with Gasteiger partial charge in [0.05, 0.1) is 6.42 Å². The first-order chi connectivity index (χ1) is 11.6. The summed E-state index contributed by atoms with van der Waals surface area (Å²) >= 11 is 2.37. The van der Waals surface area contributed by atoms with Crippen molar-refractivity contribution >= 4 is 46.9 Å². The van der Waals surface area contributed by atoms with Gasteiger partial charge in [-0.3, -0.25) is 9.59 Å². The Morgan fingerprint density at radius 2 is 1.93 bits per heavy atom. The first kappa shape index (κ1) is 25.0. The Balaban J connectivity index is 0. The number of carboxylic acid groups (broad SMARTS) is 2. The SMILES string of the molecule is CC1(C)S[C@@H]2C(NC(=O)Cc3ccsc3C(=O)O)C(=O)N2C1C(=O)O.[H-].[H-].[Na+].[Na+]. The second kappa shape index (κ2) is 9.17. The molecule has 1 aromatic heterocycles. The van der Waals surface area contributed by atoms with Crippen molar-refractivity contribution in [1.29, 1.82) is 0 Å². The van der Waals surface area contributed by atoms with Crippen molar-refractivity contribution in [2.75, 3.05) is 0 Å². The number of carbonyl (C=O) groups excluding carboxylic acids is 2. The average Bonchev–Trinajstić information content (AvgIpc) is 3.05. The van der Waals surface area contributed by atoms with E-state index >= 15 is 0 Å². The van der Waals surface area contributed by atoms with Gasteiger partial charge in [-0.2, -0.15) is 0 Å². The number of fused-ring (bicyclic) bond motifs is 1. The molecule has 27 heavy (non-hydrogen) atoms. The van der Waals surface area contributed by atoms with Gasteiger partial charge in [0.1, 0.15) is 22.3 Å². The zero-order valence-electron chi connectivity index (χ0n) is 17.4. The molecule has 138 valence electrons. The number of thioether (sulfide) groups is 1. The molecule has 3 heterocycles. The summed E-state index contributed by atoms with van der Waals surface area (Å²) in [7, 11) is 0. The number of aromatic carboxylic acids is 1. The first-order valence-electron chi connectivity index (χ1n) is 7.45. The Kier molecular flexibility index (Phi) is 8.48.